The van der Waals surface area contributed by atoms with E-state index in [0.29, 0.717) is 13.2 Å². The minimum absolute atomic E-state index is 0.679. The maximum Gasteiger partial charge on any atom is 0.161 e. The summed E-state index contributed by atoms with van der Waals surface area (Å²) in [6, 6.07) is 10.0. The zero-order valence-electron chi connectivity index (χ0n) is 14.8. The topological polar surface area (TPSA) is 61.2 Å². The first kappa shape index (κ1) is 16.6. The van der Waals surface area contributed by atoms with E-state index in [1.54, 1.807) is 6.20 Å². The first-order valence-electron chi connectivity index (χ1n) is 8.82. The van der Waals surface area contributed by atoms with Crippen LogP contribution >= 0.6 is 0 Å². The molecule has 0 bridgehead atoms. The number of hydrogen-bond acceptors (Lipinski definition) is 5. The van der Waals surface area contributed by atoms with Crippen LogP contribution in [0.25, 0.3) is 11.3 Å². The van der Waals surface area contributed by atoms with E-state index in [1.807, 2.05) is 42.2 Å². The Bertz CT molecular complexity index is 877. The van der Waals surface area contributed by atoms with Crippen LogP contribution in [0.3, 0.4) is 0 Å². The van der Waals surface area contributed by atoms with Gasteiger partial charge < -0.3 is 14.8 Å². The molecule has 0 fully saturated rings. The Morgan fingerprint density at radius 2 is 2.00 bits per heavy atom. The summed E-state index contributed by atoms with van der Waals surface area (Å²) in [6.07, 6.45) is 6.61. The van der Waals surface area contributed by atoms with Gasteiger partial charge in [-0.25, -0.2) is 0 Å². The van der Waals surface area contributed by atoms with Crippen LogP contribution in [-0.2, 0) is 20.1 Å². The van der Waals surface area contributed by atoms with Gasteiger partial charge in [0.15, 0.2) is 11.5 Å². The van der Waals surface area contributed by atoms with Crippen molar-refractivity contribution in [2.75, 3.05) is 13.2 Å². The summed E-state index contributed by atoms with van der Waals surface area (Å²) < 4.78 is 13.4. The van der Waals surface area contributed by atoms with E-state index in [9.17, 15) is 0 Å². The van der Waals surface area contributed by atoms with E-state index in [1.165, 1.54) is 0 Å². The lowest BCUT2D eigenvalue weighted by Gasteiger charge is -2.10. The van der Waals surface area contributed by atoms with Crippen LogP contribution < -0.4 is 14.8 Å². The average molecular weight is 350 g/mol. The zero-order chi connectivity index (χ0) is 17.8. The van der Waals surface area contributed by atoms with Gasteiger partial charge in [-0.1, -0.05) is 6.07 Å². The van der Waals surface area contributed by atoms with E-state index in [4.69, 9.17) is 9.47 Å². The van der Waals surface area contributed by atoms with Crippen LogP contribution in [0.5, 0.6) is 11.5 Å². The second kappa shape index (κ2) is 7.58. The quantitative estimate of drug-likeness (QED) is 0.767. The Kier molecular flexibility index (Phi) is 4.84. The van der Waals surface area contributed by atoms with Crippen molar-refractivity contribution in [3.05, 3.63) is 60.0 Å². The smallest absolute Gasteiger partial charge is 0.161 e. The summed E-state index contributed by atoms with van der Waals surface area (Å²) in [6.45, 7) is 2.87. The molecule has 0 unspecified atom stereocenters. The molecule has 26 heavy (non-hydrogen) atoms. The summed E-state index contributed by atoms with van der Waals surface area (Å²) >= 11 is 0. The number of hydrogen-bond donors (Lipinski definition) is 1. The minimum Gasteiger partial charge on any atom is -0.490 e. The Labute approximate surface area is 152 Å². The lowest BCUT2D eigenvalue weighted by molar-refractivity contribution is 0.297. The highest BCUT2D eigenvalue weighted by Gasteiger charge is 2.15. The molecule has 0 aliphatic carbocycles. The molecule has 6 nitrogen and oxygen atoms in total. The number of rotatable bonds is 5. The molecule has 0 radical (unpaired) electrons. The van der Waals surface area contributed by atoms with E-state index in [0.717, 1.165) is 53.4 Å². The van der Waals surface area contributed by atoms with Crippen molar-refractivity contribution >= 4 is 0 Å². The minimum atomic E-state index is 0.679. The van der Waals surface area contributed by atoms with Gasteiger partial charge in [-0.3, -0.25) is 9.67 Å². The molecule has 0 saturated heterocycles. The molecule has 1 aliphatic rings. The molecule has 0 atom stereocenters. The molecule has 134 valence electrons. The van der Waals surface area contributed by atoms with Crippen molar-refractivity contribution in [3.63, 3.8) is 0 Å². The monoisotopic (exact) mass is 350 g/mol. The predicted octanol–water partition coefficient (Wildman–Crippen LogP) is 2.93. The molecular formula is C20H22N4O2. The van der Waals surface area contributed by atoms with Gasteiger partial charge in [0.25, 0.3) is 0 Å². The summed E-state index contributed by atoms with van der Waals surface area (Å²) in [5.41, 5.74) is 4.30. The number of ether oxygens (including phenoxy) is 2. The number of nitrogens with zero attached hydrogens (tertiary/aromatic N) is 3. The molecule has 4 rings (SSSR count). The number of aryl methyl sites for hydroxylation is 1. The number of aromatic nitrogens is 3. The first-order chi connectivity index (χ1) is 12.8. The molecule has 1 N–H and O–H groups in total. The van der Waals surface area contributed by atoms with Crippen molar-refractivity contribution in [1.29, 1.82) is 0 Å². The fourth-order valence-electron chi connectivity index (χ4n) is 3.06. The second-order valence-corrected chi connectivity index (χ2v) is 6.35. The largest absolute Gasteiger partial charge is 0.490 e. The lowest BCUT2D eigenvalue weighted by Crippen LogP contribution is -2.13. The SMILES string of the molecule is Cn1cc(CNCc2cccnc2)c(-c2ccc3c(c2)OCCCO3)n1. The van der Waals surface area contributed by atoms with Crippen LogP contribution in [-0.4, -0.2) is 28.0 Å². The average Bonchev–Trinajstić information content (AvgIpc) is 2.88. The van der Waals surface area contributed by atoms with E-state index < -0.39 is 0 Å². The molecule has 3 aromatic rings. The van der Waals surface area contributed by atoms with Crippen LogP contribution in [0, 0.1) is 0 Å². The zero-order valence-corrected chi connectivity index (χ0v) is 14.8. The molecule has 0 spiro atoms. The van der Waals surface area contributed by atoms with Gasteiger partial charge in [0.1, 0.15) is 0 Å². The number of nitrogens with one attached hydrogen (secondary N) is 1. The van der Waals surface area contributed by atoms with Crippen molar-refractivity contribution in [2.45, 2.75) is 19.5 Å². The van der Waals surface area contributed by atoms with Crippen molar-refractivity contribution < 1.29 is 9.47 Å². The highest BCUT2D eigenvalue weighted by Crippen LogP contribution is 2.34. The van der Waals surface area contributed by atoms with Gasteiger partial charge in [-0.15, -0.1) is 0 Å². The molecular weight excluding hydrogens is 328 g/mol. The fourth-order valence-corrected chi connectivity index (χ4v) is 3.06. The van der Waals surface area contributed by atoms with Crippen molar-refractivity contribution in [2.24, 2.45) is 7.05 Å². The highest BCUT2D eigenvalue weighted by molar-refractivity contribution is 5.66. The number of pyridine rings is 1. The summed E-state index contributed by atoms with van der Waals surface area (Å²) in [7, 11) is 1.94. The normalized spacial score (nSPS) is 13.4. The molecule has 1 aromatic carbocycles. The molecule has 2 aromatic heterocycles. The second-order valence-electron chi connectivity index (χ2n) is 6.35. The first-order valence-corrected chi connectivity index (χ1v) is 8.82. The van der Waals surface area contributed by atoms with E-state index >= 15 is 0 Å². The molecule has 0 saturated carbocycles. The highest BCUT2D eigenvalue weighted by atomic mass is 16.5. The van der Waals surface area contributed by atoms with E-state index in [2.05, 4.69) is 27.7 Å². The van der Waals surface area contributed by atoms with Crippen molar-refractivity contribution in [3.8, 4) is 22.8 Å². The third-order valence-electron chi connectivity index (χ3n) is 4.29. The van der Waals surface area contributed by atoms with Gasteiger partial charge in [0.05, 0.1) is 18.9 Å². The van der Waals surface area contributed by atoms with Gasteiger partial charge in [0, 0.05) is 56.3 Å². The maximum absolute atomic E-state index is 5.81. The Morgan fingerprint density at radius 1 is 1.12 bits per heavy atom. The third kappa shape index (κ3) is 3.70. The van der Waals surface area contributed by atoms with Crippen LogP contribution in [0.2, 0.25) is 0 Å². The maximum atomic E-state index is 5.81. The number of fused-ring (bicyclic) bond motifs is 1. The molecule has 0 amide bonds. The number of benzene rings is 1. The van der Waals surface area contributed by atoms with Gasteiger partial charge in [-0.2, -0.15) is 5.10 Å². The van der Waals surface area contributed by atoms with Crippen LogP contribution in [0.15, 0.2) is 48.9 Å². The molecule has 3 heterocycles. The van der Waals surface area contributed by atoms with Crippen LogP contribution in [0.4, 0.5) is 0 Å². The summed E-state index contributed by atoms with van der Waals surface area (Å²) in [4.78, 5) is 4.15. The standard InChI is InChI=1S/C20H22N4O2/c1-24-14-17(13-22-12-15-4-2-7-21-11-15)20(23-24)16-5-6-18-19(10-16)26-9-3-8-25-18/h2,4-7,10-11,14,22H,3,8-9,12-13H2,1H3. The van der Waals surface area contributed by atoms with Gasteiger partial charge >= 0.3 is 0 Å². The fraction of sp³-hybridized carbons (Fsp3) is 0.300. The van der Waals surface area contributed by atoms with Gasteiger partial charge in [0.2, 0.25) is 0 Å². The Morgan fingerprint density at radius 3 is 2.85 bits per heavy atom. The van der Waals surface area contributed by atoms with Crippen LogP contribution in [0.1, 0.15) is 17.5 Å². The van der Waals surface area contributed by atoms with Gasteiger partial charge in [-0.05, 0) is 29.8 Å². The summed E-state index contributed by atoms with van der Waals surface area (Å²) in [5.74, 6) is 1.60. The Hall–Kier alpha value is -2.86. The van der Waals surface area contributed by atoms with Crippen molar-refractivity contribution in [1.82, 2.24) is 20.1 Å². The van der Waals surface area contributed by atoms with E-state index in [-0.39, 0.29) is 0 Å². The summed E-state index contributed by atoms with van der Waals surface area (Å²) in [5, 5.41) is 8.11. The predicted molar refractivity (Wildman–Crippen MR) is 99.0 cm³/mol. The molecule has 6 heteroatoms. The molecule has 1 aliphatic heterocycles. The third-order valence-corrected chi connectivity index (χ3v) is 4.29. The Balaban J connectivity index is 1.53. The lowest BCUT2D eigenvalue weighted by atomic mass is 10.1.